The fourth-order valence-electron chi connectivity index (χ4n) is 1.83. The summed E-state index contributed by atoms with van der Waals surface area (Å²) in [5, 5.41) is 3.13. The van der Waals surface area contributed by atoms with Crippen molar-refractivity contribution in [2.45, 2.75) is 40.7 Å². The largest absolute Gasteiger partial charge is 0.370 e. The predicted molar refractivity (Wildman–Crippen MR) is 79.4 cm³/mol. The number of nitrogens with one attached hydrogen (secondary N) is 1. The molecule has 4 nitrogen and oxygen atoms in total. The Morgan fingerprint density at radius 2 is 2.11 bits per heavy atom. The number of aromatic nitrogens is 1. The standard InChI is InChI=1S/C15H25N3O/c1-7-16-13-12(9-8-10-17-13)14(19)18(6)11(2)15(3,4)5/h8-11H,7H2,1-6H3,(H,16,17). The Labute approximate surface area is 116 Å². The summed E-state index contributed by atoms with van der Waals surface area (Å²) in [5.74, 6) is 0.662. The maximum Gasteiger partial charge on any atom is 0.257 e. The third-order valence-electron chi connectivity index (χ3n) is 3.54. The van der Waals surface area contributed by atoms with Gasteiger partial charge in [-0.05, 0) is 31.4 Å². The number of anilines is 1. The van der Waals surface area contributed by atoms with Gasteiger partial charge in [-0.15, -0.1) is 0 Å². The maximum absolute atomic E-state index is 12.6. The van der Waals surface area contributed by atoms with E-state index in [-0.39, 0.29) is 17.4 Å². The fraction of sp³-hybridized carbons (Fsp3) is 0.600. The van der Waals surface area contributed by atoms with Gasteiger partial charge in [0, 0.05) is 25.8 Å². The lowest BCUT2D eigenvalue weighted by Crippen LogP contribution is -2.43. The van der Waals surface area contributed by atoms with E-state index in [1.165, 1.54) is 0 Å². The van der Waals surface area contributed by atoms with Gasteiger partial charge in [0.2, 0.25) is 0 Å². The van der Waals surface area contributed by atoms with Crippen LogP contribution in [0, 0.1) is 5.41 Å². The van der Waals surface area contributed by atoms with Crippen molar-refractivity contribution in [1.82, 2.24) is 9.88 Å². The number of hydrogen-bond donors (Lipinski definition) is 1. The molecule has 19 heavy (non-hydrogen) atoms. The molecule has 1 amide bonds. The van der Waals surface area contributed by atoms with Crippen LogP contribution in [0.5, 0.6) is 0 Å². The maximum atomic E-state index is 12.6. The van der Waals surface area contributed by atoms with E-state index in [1.54, 1.807) is 17.2 Å². The van der Waals surface area contributed by atoms with E-state index in [0.717, 1.165) is 6.54 Å². The van der Waals surface area contributed by atoms with E-state index < -0.39 is 0 Å². The minimum Gasteiger partial charge on any atom is -0.370 e. The Hall–Kier alpha value is -1.58. The van der Waals surface area contributed by atoms with Crippen molar-refractivity contribution in [1.29, 1.82) is 0 Å². The second kappa shape index (κ2) is 6.04. The summed E-state index contributed by atoms with van der Waals surface area (Å²) in [6.07, 6.45) is 1.70. The second-order valence-electron chi connectivity index (χ2n) is 5.89. The number of carbonyl (C=O) groups is 1. The van der Waals surface area contributed by atoms with Gasteiger partial charge < -0.3 is 10.2 Å². The molecule has 1 rings (SSSR count). The van der Waals surface area contributed by atoms with Crippen LogP contribution in [0.15, 0.2) is 18.3 Å². The van der Waals surface area contributed by atoms with Gasteiger partial charge in [0.1, 0.15) is 5.82 Å². The van der Waals surface area contributed by atoms with E-state index >= 15 is 0 Å². The van der Waals surface area contributed by atoms with Crippen LogP contribution >= 0.6 is 0 Å². The highest BCUT2D eigenvalue weighted by Gasteiger charge is 2.28. The lowest BCUT2D eigenvalue weighted by atomic mass is 9.87. The zero-order valence-corrected chi connectivity index (χ0v) is 12.8. The van der Waals surface area contributed by atoms with Crippen LogP contribution in [-0.4, -0.2) is 35.4 Å². The lowest BCUT2D eigenvalue weighted by Gasteiger charge is -2.35. The molecule has 0 fully saturated rings. The predicted octanol–water partition coefficient (Wildman–Crippen LogP) is 3.02. The molecule has 0 aliphatic heterocycles. The van der Waals surface area contributed by atoms with Crippen LogP contribution in [0.1, 0.15) is 45.0 Å². The van der Waals surface area contributed by atoms with Gasteiger partial charge >= 0.3 is 0 Å². The van der Waals surface area contributed by atoms with E-state index in [4.69, 9.17) is 0 Å². The molecule has 0 saturated heterocycles. The molecule has 0 aromatic carbocycles. The van der Waals surface area contributed by atoms with Gasteiger partial charge in [0.05, 0.1) is 5.56 Å². The molecule has 0 aliphatic rings. The third kappa shape index (κ3) is 3.69. The third-order valence-corrected chi connectivity index (χ3v) is 3.54. The molecule has 0 saturated carbocycles. The number of amides is 1. The van der Waals surface area contributed by atoms with Crippen molar-refractivity contribution in [2.24, 2.45) is 5.41 Å². The minimum absolute atomic E-state index is 0.00600. The van der Waals surface area contributed by atoms with Crippen LogP contribution in [0.2, 0.25) is 0 Å². The zero-order valence-electron chi connectivity index (χ0n) is 12.8. The number of carbonyl (C=O) groups excluding carboxylic acids is 1. The molecule has 1 aromatic heterocycles. The molecule has 0 radical (unpaired) electrons. The smallest absolute Gasteiger partial charge is 0.257 e. The summed E-state index contributed by atoms with van der Waals surface area (Å²) in [6.45, 7) is 11.2. The SMILES string of the molecule is CCNc1ncccc1C(=O)N(C)C(C)C(C)(C)C. The molecule has 1 unspecified atom stereocenters. The molecule has 1 atom stereocenters. The van der Waals surface area contributed by atoms with Crippen molar-refractivity contribution >= 4 is 11.7 Å². The topological polar surface area (TPSA) is 45.2 Å². The summed E-state index contributed by atoms with van der Waals surface area (Å²) in [5.41, 5.74) is 0.674. The average molecular weight is 263 g/mol. The van der Waals surface area contributed by atoms with Crippen molar-refractivity contribution in [3.8, 4) is 0 Å². The number of nitrogens with zero attached hydrogens (tertiary/aromatic N) is 2. The van der Waals surface area contributed by atoms with Crippen LogP contribution < -0.4 is 5.32 Å². The first-order valence-corrected chi connectivity index (χ1v) is 6.75. The van der Waals surface area contributed by atoms with Crippen molar-refractivity contribution in [3.05, 3.63) is 23.9 Å². The fourth-order valence-corrected chi connectivity index (χ4v) is 1.83. The Morgan fingerprint density at radius 3 is 2.63 bits per heavy atom. The van der Waals surface area contributed by atoms with Crippen LogP contribution in [0.25, 0.3) is 0 Å². The molecule has 0 bridgehead atoms. The van der Waals surface area contributed by atoms with Gasteiger partial charge in [0.25, 0.3) is 5.91 Å². The summed E-state index contributed by atoms with van der Waals surface area (Å²) >= 11 is 0. The van der Waals surface area contributed by atoms with E-state index in [9.17, 15) is 4.79 Å². The van der Waals surface area contributed by atoms with Crippen LogP contribution in [-0.2, 0) is 0 Å². The lowest BCUT2D eigenvalue weighted by molar-refractivity contribution is 0.0630. The average Bonchev–Trinajstić information content (AvgIpc) is 2.36. The van der Waals surface area contributed by atoms with Gasteiger partial charge in [0.15, 0.2) is 0 Å². The zero-order chi connectivity index (χ0) is 14.6. The van der Waals surface area contributed by atoms with Gasteiger partial charge in [-0.1, -0.05) is 20.8 Å². The van der Waals surface area contributed by atoms with Gasteiger partial charge in [-0.2, -0.15) is 0 Å². The number of rotatable bonds is 4. The van der Waals surface area contributed by atoms with Crippen molar-refractivity contribution in [2.75, 3.05) is 18.9 Å². The summed E-state index contributed by atoms with van der Waals surface area (Å²) < 4.78 is 0. The van der Waals surface area contributed by atoms with E-state index in [1.807, 2.05) is 20.0 Å². The summed E-state index contributed by atoms with van der Waals surface area (Å²) in [7, 11) is 1.85. The first kappa shape index (κ1) is 15.5. The summed E-state index contributed by atoms with van der Waals surface area (Å²) in [4.78, 5) is 18.6. The molecule has 0 aliphatic carbocycles. The minimum atomic E-state index is 0.00600. The summed E-state index contributed by atoms with van der Waals surface area (Å²) in [6, 6.07) is 3.76. The van der Waals surface area contributed by atoms with E-state index in [0.29, 0.717) is 11.4 Å². The normalized spacial score (nSPS) is 12.9. The molecule has 1 N–H and O–H groups in total. The molecule has 106 valence electrons. The van der Waals surface area contributed by atoms with Crippen molar-refractivity contribution in [3.63, 3.8) is 0 Å². The Balaban J connectivity index is 3.00. The molecular weight excluding hydrogens is 238 g/mol. The number of pyridine rings is 1. The van der Waals surface area contributed by atoms with Gasteiger partial charge in [-0.3, -0.25) is 4.79 Å². The monoisotopic (exact) mass is 263 g/mol. The van der Waals surface area contributed by atoms with Crippen molar-refractivity contribution < 1.29 is 4.79 Å². The first-order valence-electron chi connectivity index (χ1n) is 6.75. The molecular formula is C15H25N3O. The quantitative estimate of drug-likeness (QED) is 0.908. The Kier molecular flexibility index (Phi) is 4.92. The first-order chi connectivity index (χ1) is 8.79. The highest BCUT2D eigenvalue weighted by atomic mass is 16.2. The highest BCUT2D eigenvalue weighted by Crippen LogP contribution is 2.25. The van der Waals surface area contributed by atoms with Crippen LogP contribution in [0.4, 0.5) is 5.82 Å². The molecule has 4 heteroatoms. The highest BCUT2D eigenvalue weighted by molar-refractivity contribution is 5.98. The van der Waals surface area contributed by atoms with E-state index in [2.05, 4.69) is 38.0 Å². The number of hydrogen-bond acceptors (Lipinski definition) is 3. The molecule has 0 spiro atoms. The molecule has 1 heterocycles. The van der Waals surface area contributed by atoms with Gasteiger partial charge in [-0.25, -0.2) is 4.98 Å². The Bertz CT molecular complexity index is 437. The Morgan fingerprint density at radius 1 is 1.47 bits per heavy atom. The van der Waals surface area contributed by atoms with Crippen LogP contribution in [0.3, 0.4) is 0 Å². The second-order valence-corrected chi connectivity index (χ2v) is 5.89. The molecule has 1 aromatic rings.